The number of halogens is 2. The summed E-state index contributed by atoms with van der Waals surface area (Å²) < 4.78 is 28.3. The van der Waals surface area contributed by atoms with Crippen LogP contribution in [0.1, 0.15) is 5.56 Å². The van der Waals surface area contributed by atoms with E-state index in [9.17, 15) is 8.78 Å². The molecule has 0 amide bonds. The molecule has 0 spiro atoms. The third kappa shape index (κ3) is 2.71. The van der Waals surface area contributed by atoms with E-state index in [0.717, 1.165) is 5.56 Å². The van der Waals surface area contributed by atoms with Crippen LogP contribution in [0, 0.1) is 11.6 Å². The molecule has 0 unspecified atom stereocenters. The molecule has 2 N–H and O–H groups in total. The summed E-state index contributed by atoms with van der Waals surface area (Å²) in [5.74, 6) is -0.526. The number of hydrogen-bond donors (Lipinski definition) is 1. The first-order valence-electron chi connectivity index (χ1n) is 6.19. The Balaban J connectivity index is 1.95. The van der Waals surface area contributed by atoms with Gasteiger partial charge in [0.15, 0.2) is 5.82 Å². The van der Waals surface area contributed by atoms with Crippen LogP contribution >= 0.6 is 0 Å². The summed E-state index contributed by atoms with van der Waals surface area (Å²) in [5.41, 5.74) is 6.92. The minimum absolute atomic E-state index is 0.260. The minimum atomic E-state index is -0.495. The zero-order chi connectivity index (χ0) is 14.8. The number of nitrogen functional groups attached to an aromatic ring is 1. The van der Waals surface area contributed by atoms with Crippen molar-refractivity contribution in [3.8, 4) is 11.4 Å². The summed E-state index contributed by atoms with van der Waals surface area (Å²) in [7, 11) is 0. The fraction of sp³-hybridized carbons (Fsp3) is 0.0714. The van der Waals surface area contributed by atoms with Crippen LogP contribution < -0.4 is 5.73 Å². The van der Waals surface area contributed by atoms with E-state index in [2.05, 4.69) is 15.5 Å². The molecule has 1 heterocycles. The van der Waals surface area contributed by atoms with Crippen LogP contribution in [-0.4, -0.2) is 20.2 Å². The van der Waals surface area contributed by atoms with E-state index in [1.807, 2.05) is 0 Å². The number of hydrogen-bond acceptors (Lipinski definition) is 4. The second kappa shape index (κ2) is 5.28. The fourth-order valence-electron chi connectivity index (χ4n) is 1.98. The smallest absolute Gasteiger partial charge is 0.185 e. The van der Waals surface area contributed by atoms with Crippen LogP contribution in [0.5, 0.6) is 0 Å². The van der Waals surface area contributed by atoms with Crippen molar-refractivity contribution in [3.63, 3.8) is 0 Å². The van der Waals surface area contributed by atoms with Gasteiger partial charge in [-0.3, -0.25) is 0 Å². The van der Waals surface area contributed by atoms with Gasteiger partial charge in [-0.25, -0.2) is 13.5 Å². The Hall–Kier alpha value is -2.83. The van der Waals surface area contributed by atoms with E-state index in [0.29, 0.717) is 12.2 Å². The fourth-order valence-corrected chi connectivity index (χ4v) is 1.98. The Kier molecular flexibility index (Phi) is 3.31. The molecular formula is C14H11F2N5. The lowest BCUT2D eigenvalue weighted by Gasteiger charge is -2.06. The van der Waals surface area contributed by atoms with Crippen molar-refractivity contribution in [1.82, 2.24) is 20.2 Å². The number of nitrogens with two attached hydrogens (primary N) is 1. The molecule has 7 heteroatoms. The van der Waals surface area contributed by atoms with Gasteiger partial charge in [-0.15, -0.1) is 5.10 Å². The molecule has 0 aliphatic carbocycles. The van der Waals surface area contributed by atoms with Gasteiger partial charge in [-0.05, 0) is 46.3 Å². The molecule has 21 heavy (non-hydrogen) atoms. The van der Waals surface area contributed by atoms with Crippen molar-refractivity contribution in [1.29, 1.82) is 0 Å². The first-order chi connectivity index (χ1) is 10.1. The Bertz CT molecular complexity index is 767. The molecule has 0 aliphatic heterocycles. The Morgan fingerprint density at radius 1 is 1.05 bits per heavy atom. The van der Waals surface area contributed by atoms with Gasteiger partial charge in [-0.1, -0.05) is 12.1 Å². The molecule has 0 aliphatic rings. The SMILES string of the molecule is Nc1ccc(-c2nnnn2Cc2ccc(F)cc2)c(F)c1. The second-order valence-electron chi connectivity index (χ2n) is 4.53. The monoisotopic (exact) mass is 287 g/mol. The number of nitrogens with zero attached hydrogens (tertiary/aromatic N) is 4. The van der Waals surface area contributed by atoms with Gasteiger partial charge in [0.1, 0.15) is 11.6 Å². The lowest BCUT2D eigenvalue weighted by Crippen LogP contribution is -2.05. The van der Waals surface area contributed by atoms with Crippen LogP contribution in [0.25, 0.3) is 11.4 Å². The molecule has 0 radical (unpaired) electrons. The molecule has 0 bridgehead atoms. The predicted octanol–water partition coefficient (Wildman–Crippen LogP) is 2.25. The number of anilines is 1. The van der Waals surface area contributed by atoms with Crippen LogP contribution in [0.2, 0.25) is 0 Å². The molecule has 0 saturated heterocycles. The third-order valence-corrected chi connectivity index (χ3v) is 3.01. The van der Waals surface area contributed by atoms with Crippen LogP contribution in [-0.2, 0) is 6.54 Å². The quantitative estimate of drug-likeness (QED) is 0.750. The maximum absolute atomic E-state index is 13.9. The summed E-state index contributed by atoms with van der Waals surface area (Å²) in [6.45, 7) is 0.312. The molecule has 0 fully saturated rings. The van der Waals surface area contributed by atoms with Crippen molar-refractivity contribution < 1.29 is 8.78 Å². The summed E-state index contributed by atoms with van der Waals surface area (Å²) in [6.07, 6.45) is 0. The third-order valence-electron chi connectivity index (χ3n) is 3.01. The first kappa shape index (κ1) is 13.2. The molecule has 0 atom stereocenters. The number of benzene rings is 2. The first-order valence-corrected chi connectivity index (χ1v) is 6.19. The van der Waals surface area contributed by atoms with Crippen LogP contribution in [0.4, 0.5) is 14.5 Å². The molecule has 2 aromatic carbocycles. The van der Waals surface area contributed by atoms with Gasteiger partial charge in [0, 0.05) is 5.69 Å². The summed E-state index contributed by atoms with van der Waals surface area (Å²) >= 11 is 0. The highest BCUT2D eigenvalue weighted by Crippen LogP contribution is 2.22. The maximum atomic E-state index is 13.9. The standard InChI is InChI=1S/C14H11F2N5/c15-10-3-1-9(2-4-10)8-21-14(18-19-20-21)12-6-5-11(17)7-13(12)16/h1-7H,8,17H2. The summed E-state index contributed by atoms with van der Waals surface area (Å²) in [4.78, 5) is 0. The molecule has 1 aromatic heterocycles. The number of rotatable bonds is 3. The Morgan fingerprint density at radius 3 is 2.52 bits per heavy atom. The molecule has 3 aromatic rings. The van der Waals surface area contributed by atoms with E-state index in [1.165, 1.54) is 28.9 Å². The van der Waals surface area contributed by atoms with Gasteiger partial charge < -0.3 is 5.73 Å². The zero-order valence-electron chi connectivity index (χ0n) is 10.9. The predicted molar refractivity (Wildman–Crippen MR) is 73.1 cm³/mol. The van der Waals surface area contributed by atoms with E-state index in [-0.39, 0.29) is 17.2 Å². The van der Waals surface area contributed by atoms with Gasteiger partial charge in [-0.2, -0.15) is 0 Å². The average molecular weight is 287 g/mol. The van der Waals surface area contributed by atoms with Crippen LogP contribution in [0.3, 0.4) is 0 Å². The topological polar surface area (TPSA) is 69.6 Å². The maximum Gasteiger partial charge on any atom is 0.185 e. The molecule has 3 rings (SSSR count). The zero-order valence-corrected chi connectivity index (χ0v) is 10.9. The average Bonchev–Trinajstić information content (AvgIpc) is 2.89. The van der Waals surface area contributed by atoms with Crippen molar-refractivity contribution >= 4 is 5.69 Å². The van der Waals surface area contributed by atoms with Gasteiger partial charge >= 0.3 is 0 Å². The van der Waals surface area contributed by atoms with Crippen molar-refractivity contribution in [2.75, 3.05) is 5.73 Å². The largest absolute Gasteiger partial charge is 0.399 e. The van der Waals surface area contributed by atoms with Crippen molar-refractivity contribution in [2.24, 2.45) is 0 Å². The molecule has 5 nitrogen and oxygen atoms in total. The van der Waals surface area contributed by atoms with E-state index >= 15 is 0 Å². The lowest BCUT2D eigenvalue weighted by atomic mass is 10.1. The Morgan fingerprint density at radius 2 is 1.81 bits per heavy atom. The van der Waals surface area contributed by atoms with Gasteiger partial charge in [0.05, 0.1) is 12.1 Å². The van der Waals surface area contributed by atoms with Crippen LogP contribution in [0.15, 0.2) is 42.5 Å². The van der Waals surface area contributed by atoms with E-state index < -0.39 is 5.82 Å². The van der Waals surface area contributed by atoms with Gasteiger partial charge in [0.2, 0.25) is 0 Å². The summed E-state index contributed by atoms with van der Waals surface area (Å²) in [6, 6.07) is 10.3. The highest BCUT2D eigenvalue weighted by atomic mass is 19.1. The summed E-state index contributed by atoms with van der Waals surface area (Å²) in [5, 5.41) is 11.2. The highest BCUT2D eigenvalue weighted by molar-refractivity contribution is 5.59. The molecular weight excluding hydrogens is 276 g/mol. The second-order valence-corrected chi connectivity index (χ2v) is 4.53. The highest BCUT2D eigenvalue weighted by Gasteiger charge is 2.14. The normalized spacial score (nSPS) is 10.8. The van der Waals surface area contributed by atoms with Crippen molar-refractivity contribution in [3.05, 3.63) is 59.7 Å². The minimum Gasteiger partial charge on any atom is -0.399 e. The lowest BCUT2D eigenvalue weighted by molar-refractivity contribution is 0.617. The molecule has 106 valence electrons. The van der Waals surface area contributed by atoms with E-state index in [1.54, 1.807) is 18.2 Å². The number of aromatic nitrogens is 4. The van der Waals surface area contributed by atoms with Crippen molar-refractivity contribution in [2.45, 2.75) is 6.54 Å². The Labute approximate surface area is 119 Å². The number of tetrazole rings is 1. The van der Waals surface area contributed by atoms with E-state index in [4.69, 9.17) is 5.73 Å². The van der Waals surface area contributed by atoms with Gasteiger partial charge in [0.25, 0.3) is 0 Å². The molecule has 0 saturated carbocycles.